The number of carbonyl (C=O) groups excluding carboxylic acids is 3. The van der Waals surface area contributed by atoms with Gasteiger partial charge in [0.2, 0.25) is 17.8 Å². The van der Waals surface area contributed by atoms with Crippen molar-refractivity contribution in [2.45, 2.75) is 95.6 Å². The van der Waals surface area contributed by atoms with E-state index in [1.807, 2.05) is 24.0 Å². The molecule has 2 aromatic carbocycles. The molecular weight excluding hydrogens is 680 g/mol. The third-order valence-electron chi connectivity index (χ3n) is 10.9. The monoisotopic (exact) mass is 722 g/mol. The molecular formula is C39H43ClN8O4. The van der Waals surface area contributed by atoms with E-state index in [2.05, 4.69) is 50.3 Å². The van der Waals surface area contributed by atoms with Gasteiger partial charge < -0.3 is 20.3 Å². The lowest BCUT2D eigenvalue weighted by molar-refractivity contribution is -0.136. The molecule has 0 radical (unpaired) electrons. The number of carbonyl (C=O) groups is 3. The molecule has 0 unspecified atom stereocenters. The molecule has 2 saturated carbocycles. The highest BCUT2D eigenvalue weighted by Crippen LogP contribution is 2.37. The van der Waals surface area contributed by atoms with Crippen LogP contribution in [0.15, 0.2) is 54.9 Å². The van der Waals surface area contributed by atoms with Crippen LogP contribution in [-0.4, -0.2) is 60.5 Å². The fourth-order valence-corrected chi connectivity index (χ4v) is 7.81. The van der Waals surface area contributed by atoms with Gasteiger partial charge >= 0.3 is 0 Å². The van der Waals surface area contributed by atoms with Crippen LogP contribution < -0.4 is 20.7 Å². The van der Waals surface area contributed by atoms with E-state index < -0.39 is 11.9 Å². The molecule has 1 saturated heterocycles. The zero-order valence-corrected chi connectivity index (χ0v) is 30.0. The van der Waals surface area contributed by atoms with Crippen molar-refractivity contribution in [2.75, 3.05) is 5.32 Å². The van der Waals surface area contributed by atoms with Crippen LogP contribution in [0.5, 0.6) is 5.75 Å². The van der Waals surface area contributed by atoms with Crippen molar-refractivity contribution >= 4 is 35.3 Å². The predicted molar refractivity (Wildman–Crippen MR) is 195 cm³/mol. The molecule has 2 aliphatic heterocycles. The van der Waals surface area contributed by atoms with E-state index >= 15 is 0 Å². The number of nitrogens with one attached hydrogen (secondary N) is 3. The van der Waals surface area contributed by atoms with Crippen molar-refractivity contribution < 1.29 is 19.1 Å². The number of piperidine rings is 1. The quantitative estimate of drug-likeness (QED) is 0.165. The molecule has 4 heterocycles. The van der Waals surface area contributed by atoms with Gasteiger partial charge in [-0.2, -0.15) is 5.10 Å². The van der Waals surface area contributed by atoms with Crippen LogP contribution in [0.4, 0.5) is 5.95 Å². The van der Waals surface area contributed by atoms with E-state index in [9.17, 15) is 14.4 Å². The van der Waals surface area contributed by atoms with Gasteiger partial charge in [0.05, 0.1) is 29.7 Å². The minimum Gasteiger partial charge on any atom is -0.489 e. The highest BCUT2D eigenvalue weighted by molar-refractivity contribution is 6.33. The summed E-state index contributed by atoms with van der Waals surface area (Å²) in [6.07, 6.45) is 11.8. The van der Waals surface area contributed by atoms with E-state index in [0.717, 1.165) is 67.0 Å². The second kappa shape index (κ2) is 14.7. The lowest BCUT2D eigenvalue weighted by Gasteiger charge is -2.30. The maximum atomic E-state index is 13.1. The van der Waals surface area contributed by atoms with E-state index in [-0.39, 0.29) is 24.8 Å². The number of anilines is 1. The molecule has 2 aliphatic carbocycles. The number of ether oxygens (including phenoxy) is 1. The fraction of sp³-hybridized carbons (Fsp3) is 0.436. The van der Waals surface area contributed by atoms with Crippen molar-refractivity contribution in [3.05, 3.63) is 87.8 Å². The summed E-state index contributed by atoms with van der Waals surface area (Å²) in [6, 6.07) is 13.9. The summed E-state index contributed by atoms with van der Waals surface area (Å²) in [4.78, 5) is 48.1. The Bertz CT molecular complexity index is 1990. The molecule has 13 heteroatoms. The molecule has 1 atom stereocenters. The maximum absolute atomic E-state index is 13.1. The van der Waals surface area contributed by atoms with Gasteiger partial charge in [-0.15, -0.1) is 0 Å². The van der Waals surface area contributed by atoms with Gasteiger partial charge in [0, 0.05) is 54.5 Å². The number of aromatic nitrogens is 4. The highest BCUT2D eigenvalue weighted by Gasteiger charge is 2.40. The molecule has 12 nitrogen and oxygen atoms in total. The Hall–Kier alpha value is -4.81. The number of amides is 3. The molecule has 3 amide bonds. The fourth-order valence-electron chi connectivity index (χ4n) is 7.62. The number of halogens is 1. The van der Waals surface area contributed by atoms with Crippen LogP contribution in [-0.2, 0) is 42.8 Å². The second-order valence-corrected chi connectivity index (χ2v) is 14.9. The van der Waals surface area contributed by atoms with Crippen LogP contribution in [0.2, 0.25) is 5.02 Å². The van der Waals surface area contributed by atoms with Crippen LogP contribution in [0, 0.1) is 5.92 Å². The number of fused-ring (bicyclic) bond motifs is 1. The summed E-state index contributed by atoms with van der Waals surface area (Å²) in [5, 5.41) is 14.7. The first kappa shape index (κ1) is 34.3. The minimum atomic E-state index is -0.654. The van der Waals surface area contributed by atoms with Crippen molar-refractivity contribution in [1.29, 1.82) is 0 Å². The van der Waals surface area contributed by atoms with E-state index in [1.165, 1.54) is 24.1 Å². The van der Waals surface area contributed by atoms with Crippen molar-refractivity contribution in [1.82, 2.24) is 35.3 Å². The first-order valence-corrected chi connectivity index (χ1v) is 18.7. The molecule has 4 aromatic rings. The van der Waals surface area contributed by atoms with Crippen LogP contribution in [0.1, 0.15) is 84.1 Å². The number of rotatable bonds is 12. The van der Waals surface area contributed by atoms with Gasteiger partial charge in [-0.3, -0.25) is 24.4 Å². The summed E-state index contributed by atoms with van der Waals surface area (Å²) < 4.78 is 8.14. The van der Waals surface area contributed by atoms with E-state index in [4.69, 9.17) is 21.3 Å². The predicted octanol–water partition coefficient (Wildman–Crippen LogP) is 5.34. The van der Waals surface area contributed by atoms with Crippen molar-refractivity contribution in [3.63, 3.8) is 0 Å². The summed E-state index contributed by atoms with van der Waals surface area (Å²) >= 11 is 6.58. The second-order valence-electron chi connectivity index (χ2n) is 14.5. The molecule has 0 bridgehead atoms. The van der Waals surface area contributed by atoms with Gasteiger partial charge in [-0.25, -0.2) is 9.97 Å². The van der Waals surface area contributed by atoms with E-state index in [0.29, 0.717) is 47.4 Å². The third-order valence-corrected chi connectivity index (χ3v) is 11.1. The average molecular weight is 723 g/mol. The minimum absolute atomic E-state index is 0.209. The summed E-state index contributed by atoms with van der Waals surface area (Å²) in [6.45, 7) is 1.42. The number of hydrogen-bond donors (Lipinski definition) is 3. The molecule has 52 heavy (non-hydrogen) atoms. The Kier molecular flexibility index (Phi) is 9.67. The Morgan fingerprint density at radius 3 is 2.46 bits per heavy atom. The summed E-state index contributed by atoms with van der Waals surface area (Å²) in [5.74, 6) is 1.05. The highest BCUT2D eigenvalue weighted by atomic mass is 35.5. The Balaban J connectivity index is 0.800. The third kappa shape index (κ3) is 7.40. The summed E-state index contributed by atoms with van der Waals surface area (Å²) in [7, 11) is 1.98. The number of benzene rings is 2. The zero-order valence-electron chi connectivity index (χ0n) is 29.2. The number of nitrogens with zero attached hydrogens (tertiary/aromatic N) is 5. The Morgan fingerprint density at radius 1 is 0.923 bits per heavy atom. The number of aryl methyl sites for hydroxylation is 1. The zero-order chi connectivity index (χ0) is 35.8. The van der Waals surface area contributed by atoms with E-state index in [1.54, 1.807) is 23.2 Å². The molecule has 4 aliphatic rings. The molecule has 270 valence electrons. The van der Waals surface area contributed by atoms with Crippen LogP contribution in [0.3, 0.4) is 0 Å². The SMILES string of the molecule is Cn1ncc(-c2nc(NC3CCC(NCc4ccc(COc5cccc6c5CN([C@@H]5CCC(=O)NC5=O)C6=O)cc4)CC3)ncc2Cl)c1CC1CC1. The molecule has 3 fully saturated rings. The van der Waals surface area contributed by atoms with Crippen molar-refractivity contribution in [2.24, 2.45) is 13.0 Å². The van der Waals surface area contributed by atoms with Crippen molar-refractivity contribution in [3.8, 4) is 17.0 Å². The first-order valence-electron chi connectivity index (χ1n) is 18.3. The number of imide groups is 1. The molecule has 0 spiro atoms. The van der Waals surface area contributed by atoms with Gasteiger partial charge in [0.1, 0.15) is 18.4 Å². The lowest BCUT2D eigenvalue weighted by atomic mass is 9.91. The lowest BCUT2D eigenvalue weighted by Crippen LogP contribution is -2.52. The van der Waals surface area contributed by atoms with Crippen LogP contribution in [0.25, 0.3) is 11.3 Å². The summed E-state index contributed by atoms with van der Waals surface area (Å²) in [5.41, 5.74) is 6.46. The van der Waals surface area contributed by atoms with Gasteiger partial charge in [-0.1, -0.05) is 41.9 Å². The maximum Gasteiger partial charge on any atom is 0.255 e. The van der Waals surface area contributed by atoms with Gasteiger partial charge in [-0.05, 0) is 80.5 Å². The Labute approximate surface area is 307 Å². The van der Waals surface area contributed by atoms with Gasteiger partial charge in [0.15, 0.2) is 0 Å². The first-order chi connectivity index (χ1) is 25.3. The van der Waals surface area contributed by atoms with Gasteiger partial charge in [0.25, 0.3) is 5.91 Å². The van der Waals surface area contributed by atoms with Crippen LogP contribution >= 0.6 is 11.6 Å². The average Bonchev–Trinajstić information content (AvgIpc) is 3.82. The molecule has 2 aromatic heterocycles. The standard InChI is InChI=1S/C39H43ClN8O4/c1-47-33(17-23-5-6-23)29(19-43-47)36-31(40)20-42-39(46-36)44-27-13-11-26(12-14-27)41-18-24-7-9-25(10-8-24)22-52-34-4-2-3-28-30(34)21-48(38(28)51)32-15-16-35(49)45-37(32)50/h2-4,7-10,19-20,23,26-27,32,41H,5-6,11-18,21-22H2,1H3,(H,42,44,46)(H,45,49,50)/t26?,27?,32-/m1/s1. The topological polar surface area (TPSA) is 143 Å². The molecule has 3 N–H and O–H groups in total. The number of hydrogen-bond acceptors (Lipinski definition) is 9. The largest absolute Gasteiger partial charge is 0.489 e. The smallest absolute Gasteiger partial charge is 0.255 e. The molecule has 8 rings (SSSR count). The Morgan fingerprint density at radius 2 is 1.69 bits per heavy atom. The normalized spacial score (nSPS) is 21.6.